The Labute approximate surface area is 100.0 Å². The topological polar surface area (TPSA) is 69.2 Å². The molecule has 1 heterocycles. The zero-order valence-corrected chi connectivity index (χ0v) is 10.5. The fourth-order valence-corrected chi connectivity index (χ4v) is 0.602. The fourth-order valence-electron chi connectivity index (χ4n) is 0.532. The molecule has 0 saturated carbocycles. The molecule has 0 unspecified atom stereocenters. The van der Waals surface area contributed by atoms with Gasteiger partial charge in [-0.1, -0.05) is 13.8 Å². The van der Waals surface area contributed by atoms with Gasteiger partial charge in [0.1, 0.15) is 18.2 Å². The number of aldehydes is 1. The van der Waals surface area contributed by atoms with E-state index in [1.807, 2.05) is 20.8 Å². The predicted molar refractivity (Wildman–Crippen MR) is 61.1 cm³/mol. The van der Waals surface area contributed by atoms with Gasteiger partial charge in [0, 0.05) is 12.4 Å². The molecule has 0 radical (unpaired) electrons. The summed E-state index contributed by atoms with van der Waals surface area (Å²) in [4.78, 5) is 26.8. The van der Waals surface area contributed by atoms with Crippen LogP contribution >= 0.6 is 11.9 Å². The second-order valence-electron chi connectivity index (χ2n) is 2.18. The van der Waals surface area contributed by atoms with Crippen molar-refractivity contribution >= 4 is 24.1 Å². The van der Waals surface area contributed by atoms with E-state index in [-0.39, 0.29) is 5.82 Å². The van der Waals surface area contributed by atoms with Crippen LogP contribution in [-0.4, -0.2) is 22.2 Å². The van der Waals surface area contributed by atoms with E-state index in [1.54, 1.807) is 0 Å². The van der Waals surface area contributed by atoms with Crippen molar-refractivity contribution in [1.29, 1.82) is 0 Å². The van der Waals surface area contributed by atoms with Crippen LogP contribution in [0.4, 0.5) is 0 Å². The van der Waals surface area contributed by atoms with Gasteiger partial charge in [0.2, 0.25) is 5.82 Å². The minimum atomic E-state index is -0.744. The summed E-state index contributed by atoms with van der Waals surface area (Å²) >= 11 is 4.80. The molecule has 0 spiro atoms. The highest BCUT2D eigenvalue weighted by molar-refractivity contribution is 6.15. The molecule has 0 aliphatic heterocycles. The lowest BCUT2D eigenvalue weighted by molar-refractivity contribution is -0.106. The number of carbonyl (C=O) groups is 2. The Hall–Kier alpha value is -1.49. The van der Waals surface area contributed by atoms with Crippen LogP contribution in [0.25, 0.3) is 0 Å². The molecule has 1 aromatic rings. The van der Waals surface area contributed by atoms with E-state index >= 15 is 0 Å². The van der Waals surface area contributed by atoms with Crippen molar-refractivity contribution < 1.29 is 13.9 Å². The number of halogens is 1. The molecule has 0 amide bonds. The van der Waals surface area contributed by atoms with Gasteiger partial charge in [-0.05, 0) is 19.4 Å². The molecule has 0 fully saturated rings. The first-order valence-electron chi connectivity index (χ1n) is 4.67. The smallest absolute Gasteiger partial charge is 0.341 e. The van der Waals surface area contributed by atoms with E-state index in [0.29, 0.717) is 0 Å². The van der Waals surface area contributed by atoms with Gasteiger partial charge in [0.05, 0.1) is 0 Å². The summed E-state index contributed by atoms with van der Waals surface area (Å²) in [5, 5.41) is 0. The lowest BCUT2D eigenvalue weighted by Gasteiger charge is -1.93. The molecule has 1 rings (SSSR count). The van der Waals surface area contributed by atoms with Gasteiger partial charge in [0.25, 0.3) is 0 Å². The van der Waals surface area contributed by atoms with Crippen molar-refractivity contribution in [1.82, 2.24) is 9.97 Å². The maximum atomic E-state index is 10.6. The van der Waals surface area contributed by atoms with Crippen molar-refractivity contribution in [3.63, 3.8) is 0 Å². The summed E-state index contributed by atoms with van der Waals surface area (Å²) in [5.41, 5.74) is 0.871. The third-order valence-electron chi connectivity index (χ3n) is 1.03. The third-order valence-corrected chi connectivity index (χ3v) is 1.17. The van der Waals surface area contributed by atoms with Crippen molar-refractivity contribution in [3.8, 4) is 0 Å². The molecule has 0 aliphatic rings. The molecular formula is C10H15ClN2O3. The van der Waals surface area contributed by atoms with Crippen LogP contribution in [0.5, 0.6) is 0 Å². The number of nitrogens with zero attached hydrogens (tertiary/aromatic N) is 2. The van der Waals surface area contributed by atoms with Crippen molar-refractivity contribution in [3.05, 3.63) is 23.8 Å². The molecule has 90 valence electrons. The van der Waals surface area contributed by atoms with Gasteiger partial charge < -0.3 is 9.08 Å². The number of hydrogen-bond acceptors (Lipinski definition) is 5. The van der Waals surface area contributed by atoms with Crippen molar-refractivity contribution in [2.45, 2.75) is 27.7 Å². The predicted octanol–water partition coefficient (Wildman–Crippen LogP) is 2.33. The average molecular weight is 247 g/mol. The molecular weight excluding hydrogens is 232 g/mol. The molecule has 0 bridgehead atoms. The monoisotopic (exact) mass is 246 g/mol. The normalized spacial score (nSPS) is 7.56. The SMILES string of the molecule is CC.CC=O.Cc1cnc(C(=O)OCl)nc1. The Kier molecular flexibility index (Phi) is 12.3. The minimum absolute atomic E-state index is 0.0365. The number of rotatable bonds is 1. The highest BCUT2D eigenvalue weighted by Crippen LogP contribution is 1.96. The molecule has 0 aromatic carbocycles. The van der Waals surface area contributed by atoms with Crippen LogP contribution in [0, 0.1) is 6.92 Å². The lowest BCUT2D eigenvalue weighted by atomic mass is 10.4. The summed E-state index contributed by atoms with van der Waals surface area (Å²) in [6.45, 7) is 7.26. The first-order valence-corrected chi connectivity index (χ1v) is 4.98. The zero-order chi connectivity index (χ0) is 13.0. The molecule has 16 heavy (non-hydrogen) atoms. The summed E-state index contributed by atoms with van der Waals surface area (Å²) < 4.78 is 3.88. The first-order chi connectivity index (χ1) is 7.65. The molecule has 0 atom stereocenters. The summed E-state index contributed by atoms with van der Waals surface area (Å²) in [7, 11) is 0. The largest absolute Gasteiger partial charge is 0.394 e. The Balaban J connectivity index is 0. The quantitative estimate of drug-likeness (QED) is 0.712. The van der Waals surface area contributed by atoms with Crippen molar-refractivity contribution in [2.75, 3.05) is 0 Å². The maximum Gasteiger partial charge on any atom is 0.394 e. The van der Waals surface area contributed by atoms with E-state index in [4.69, 9.17) is 16.7 Å². The van der Waals surface area contributed by atoms with E-state index in [9.17, 15) is 4.79 Å². The van der Waals surface area contributed by atoms with Gasteiger partial charge >= 0.3 is 5.97 Å². The first kappa shape index (κ1) is 16.9. The number of aryl methyl sites for hydroxylation is 1. The van der Waals surface area contributed by atoms with E-state index in [1.165, 1.54) is 19.3 Å². The van der Waals surface area contributed by atoms with Crippen LogP contribution < -0.4 is 0 Å². The highest BCUT2D eigenvalue weighted by Gasteiger charge is 2.08. The highest BCUT2D eigenvalue weighted by atomic mass is 35.5. The average Bonchev–Trinajstić information content (AvgIpc) is 2.33. The van der Waals surface area contributed by atoms with Crippen LogP contribution in [0.3, 0.4) is 0 Å². The Bertz CT molecular complexity index is 301. The minimum Gasteiger partial charge on any atom is -0.341 e. The standard InChI is InChI=1S/C6H5ClN2O2.C2H4O.C2H6/c1-4-2-8-5(9-3-4)6(10)11-7;1-2-3;1-2/h2-3H,1H3;2H,1H3;1-2H3. The second-order valence-corrected chi connectivity index (χ2v) is 2.34. The summed E-state index contributed by atoms with van der Waals surface area (Å²) in [5.74, 6) is -0.780. The molecule has 1 aromatic heterocycles. The molecule has 6 heteroatoms. The summed E-state index contributed by atoms with van der Waals surface area (Å²) in [6.07, 6.45) is 3.77. The van der Waals surface area contributed by atoms with Gasteiger partial charge in [-0.25, -0.2) is 14.8 Å². The number of hydrogen-bond donors (Lipinski definition) is 0. The van der Waals surface area contributed by atoms with Crippen LogP contribution in [0.1, 0.15) is 37.0 Å². The third kappa shape index (κ3) is 7.87. The van der Waals surface area contributed by atoms with Gasteiger partial charge in [-0.3, -0.25) is 0 Å². The van der Waals surface area contributed by atoms with Crippen LogP contribution in [0.2, 0.25) is 0 Å². The Morgan fingerprint density at radius 1 is 1.38 bits per heavy atom. The zero-order valence-electron chi connectivity index (χ0n) is 9.73. The van der Waals surface area contributed by atoms with E-state index in [2.05, 4.69) is 14.3 Å². The van der Waals surface area contributed by atoms with Gasteiger partial charge in [0.15, 0.2) is 0 Å². The van der Waals surface area contributed by atoms with Gasteiger partial charge in [-0.2, -0.15) is 0 Å². The molecule has 0 N–H and O–H groups in total. The number of carbonyl (C=O) groups excluding carboxylic acids is 2. The van der Waals surface area contributed by atoms with E-state index < -0.39 is 5.97 Å². The van der Waals surface area contributed by atoms with Gasteiger partial charge in [-0.15, -0.1) is 0 Å². The molecule has 0 saturated heterocycles. The maximum absolute atomic E-state index is 10.6. The fraction of sp³-hybridized carbons (Fsp3) is 0.400. The van der Waals surface area contributed by atoms with Crippen molar-refractivity contribution in [2.24, 2.45) is 0 Å². The molecule has 5 nitrogen and oxygen atoms in total. The Morgan fingerprint density at radius 3 is 2.06 bits per heavy atom. The van der Waals surface area contributed by atoms with E-state index in [0.717, 1.165) is 11.8 Å². The second kappa shape index (κ2) is 11.6. The van der Waals surface area contributed by atoms with Crippen LogP contribution in [0.15, 0.2) is 12.4 Å². The lowest BCUT2D eigenvalue weighted by Crippen LogP contribution is -2.04. The summed E-state index contributed by atoms with van der Waals surface area (Å²) in [6, 6.07) is 0. The Morgan fingerprint density at radius 2 is 1.75 bits per heavy atom. The number of aromatic nitrogens is 2. The van der Waals surface area contributed by atoms with Crippen LogP contribution in [-0.2, 0) is 9.08 Å². The molecule has 0 aliphatic carbocycles.